The molecule has 0 spiro atoms. The van der Waals surface area contributed by atoms with Gasteiger partial charge in [-0.2, -0.15) is 5.10 Å². The molecule has 3 rings (SSSR count). The fraction of sp³-hybridized carbons (Fsp3) is 0.200. The molecule has 1 amide bonds. The molecule has 0 bridgehead atoms. The number of nitrogens with one attached hydrogen (secondary N) is 1. The largest absolute Gasteiger partial charge is 0.356 e. The van der Waals surface area contributed by atoms with E-state index in [2.05, 4.69) is 22.5 Å². The van der Waals surface area contributed by atoms with Gasteiger partial charge in [-0.25, -0.2) is 4.68 Å². The number of aromatic nitrogens is 2. The highest BCUT2D eigenvalue weighted by Crippen LogP contribution is 2.17. The summed E-state index contributed by atoms with van der Waals surface area (Å²) in [6.07, 6.45) is 5.17. The Hall–Kier alpha value is -2.53. The minimum atomic E-state index is 0.0962. The number of thioether (sulfide) groups is 1. The molecule has 2 aromatic carbocycles. The topological polar surface area (TPSA) is 46.9 Å². The Morgan fingerprint density at radius 3 is 2.52 bits per heavy atom. The minimum absolute atomic E-state index is 0.0962. The number of benzene rings is 2. The lowest BCUT2D eigenvalue weighted by molar-refractivity contribution is -0.120. The summed E-state index contributed by atoms with van der Waals surface area (Å²) in [5.74, 6) is 0.890. The SMILES string of the molecule is O=C(CCSc1ccccc1)NCCc1cnn(-c2ccccc2)c1. The highest BCUT2D eigenvalue weighted by atomic mass is 32.2. The van der Waals surface area contributed by atoms with Crippen molar-refractivity contribution in [2.75, 3.05) is 12.3 Å². The molecule has 0 aliphatic carbocycles. The predicted molar refractivity (Wildman–Crippen MR) is 102 cm³/mol. The normalized spacial score (nSPS) is 10.6. The second-order valence-electron chi connectivity index (χ2n) is 5.64. The number of carbonyl (C=O) groups is 1. The molecule has 5 heteroatoms. The number of hydrogen-bond donors (Lipinski definition) is 1. The van der Waals surface area contributed by atoms with Gasteiger partial charge in [0, 0.05) is 29.8 Å². The van der Waals surface area contributed by atoms with Gasteiger partial charge in [-0.3, -0.25) is 4.79 Å². The van der Waals surface area contributed by atoms with Crippen LogP contribution >= 0.6 is 11.8 Å². The molecule has 1 aromatic heterocycles. The van der Waals surface area contributed by atoms with Crippen LogP contribution in [0.3, 0.4) is 0 Å². The minimum Gasteiger partial charge on any atom is -0.356 e. The van der Waals surface area contributed by atoms with Gasteiger partial charge in [0.15, 0.2) is 0 Å². The highest BCUT2D eigenvalue weighted by molar-refractivity contribution is 7.99. The van der Waals surface area contributed by atoms with E-state index in [0.29, 0.717) is 13.0 Å². The van der Waals surface area contributed by atoms with Gasteiger partial charge < -0.3 is 5.32 Å². The number of nitrogens with zero attached hydrogens (tertiary/aromatic N) is 2. The van der Waals surface area contributed by atoms with E-state index >= 15 is 0 Å². The third-order valence-electron chi connectivity index (χ3n) is 3.73. The lowest BCUT2D eigenvalue weighted by Gasteiger charge is -2.04. The summed E-state index contributed by atoms with van der Waals surface area (Å²) in [4.78, 5) is 13.1. The summed E-state index contributed by atoms with van der Waals surface area (Å²) in [5, 5.41) is 7.35. The van der Waals surface area contributed by atoms with Crippen LogP contribution in [-0.2, 0) is 11.2 Å². The summed E-state index contributed by atoms with van der Waals surface area (Å²) in [6.45, 7) is 0.634. The molecule has 0 aliphatic rings. The number of hydrogen-bond acceptors (Lipinski definition) is 3. The van der Waals surface area contributed by atoms with E-state index in [9.17, 15) is 4.79 Å². The zero-order chi connectivity index (χ0) is 17.3. The van der Waals surface area contributed by atoms with Crippen LogP contribution in [-0.4, -0.2) is 28.0 Å². The van der Waals surface area contributed by atoms with Crippen molar-refractivity contribution in [2.45, 2.75) is 17.7 Å². The molecule has 0 aliphatic heterocycles. The van der Waals surface area contributed by atoms with Crippen molar-refractivity contribution in [2.24, 2.45) is 0 Å². The fourth-order valence-corrected chi connectivity index (χ4v) is 3.30. The van der Waals surface area contributed by atoms with Gasteiger partial charge in [-0.15, -0.1) is 11.8 Å². The molecule has 0 saturated carbocycles. The second-order valence-corrected chi connectivity index (χ2v) is 6.81. The van der Waals surface area contributed by atoms with E-state index in [0.717, 1.165) is 23.4 Å². The Morgan fingerprint density at radius 2 is 1.76 bits per heavy atom. The average Bonchev–Trinajstić information content (AvgIpc) is 3.12. The summed E-state index contributed by atoms with van der Waals surface area (Å²) in [7, 11) is 0. The van der Waals surface area contributed by atoms with Crippen molar-refractivity contribution >= 4 is 17.7 Å². The predicted octanol–water partition coefficient (Wildman–Crippen LogP) is 3.71. The number of amides is 1. The van der Waals surface area contributed by atoms with Crippen LogP contribution in [0, 0.1) is 0 Å². The van der Waals surface area contributed by atoms with Gasteiger partial charge in [0.2, 0.25) is 5.91 Å². The van der Waals surface area contributed by atoms with E-state index in [1.165, 1.54) is 4.90 Å². The summed E-state index contributed by atoms with van der Waals surface area (Å²) < 4.78 is 1.85. The molecule has 1 heterocycles. The van der Waals surface area contributed by atoms with Gasteiger partial charge >= 0.3 is 0 Å². The molecular weight excluding hydrogens is 330 g/mol. The van der Waals surface area contributed by atoms with Crippen LogP contribution in [0.5, 0.6) is 0 Å². The summed E-state index contributed by atoms with van der Waals surface area (Å²) in [6, 6.07) is 20.1. The second kappa shape index (κ2) is 9.08. The van der Waals surface area contributed by atoms with E-state index in [1.807, 2.05) is 65.6 Å². The molecule has 1 N–H and O–H groups in total. The molecular formula is C20H21N3OS. The molecule has 3 aromatic rings. The molecule has 0 saturated heterocycles. The van der Waals surface area contributed by atoms with E-state index in [1.54, 1.807) is 11.8 Å². The first-order chi connectivity index (χ1) is 12.3. The maximum Gasteiger partial charge on any atom is 0.220 e. The van der Waals surface area contributed by atoms with Gasteiger partial charge in [-0.05, 0) is 36.2 Å². The Bertz CT molecular complexity index is 787. The van der Waals surface area contributed by atoms with Crippen molar-refractivity contribution in [1.29, 1.82) is 0 Å². The van der Waals surface area contributed by atoms with Crippen LogP contribution in [0.4, 0.5) is 0 Å². The number of rotatable bonds is 8. The van der Waals surface area contributed by atoms with Gasteiger partial charge in [0.05, 0.1) is 11.9 Å². The van der Waals surface area contributed by atoms with Crippen LogP contribution in [0.1, 0.15) is 12.0 Å². The van der Waals surface area contributed by atoms with E-state index in [-0.39, 0.29) is 5.91 Å². The van der Waals surface area contributed by atoms with Crippen LogP contribution in [0.2, 0.25) is 0 Å². The first-order valence-electron chi connectivity index (χ1n) is 8.35. The lowest BCUT2D eigenvalue weighted by atomic mass is 10.2. The van der Waals surface area contributed by atoms with Gasteiger partial charge in [0.25, 0.3) is 0 Å². The van der Waals surface area contributed by atoms with Gasteiger partial charge in [0.1, 0.15) is 0 Å². The highest BCUT2D eigenvalue weighted by Gasteiger charge is 2.04. The zero-order valence-electron chi connectivity index (χ0n) is 14.0. The molecule has 128 valence electrons. The first-order valence-corrected chi connectivity index (χ1v) is 9.33. The number of para-hydroxylation sites is 1. The standard InChI is InChI=1S/C20H21N3OS/c24-20(12-14-25-19-9-5-2-6-10-19)21-13-11-17-15-22-23(16-17)18-7-3-1-4-8-18/h1-10,15-16H,11-14H2,(H,21,24). The van der Waals surface area contributed by atoms with Crippen molar-refractivity contribution in [3.05, 3.63) is 78.6 Å². The zero-order valence-corrected chi connectivity index (χ0v) is 14.8. The van der Waals surface area contributed by atoms with Crippen molar-refractivity contribution in [3.63, 3.8) is 0 Å². The summed E-state index contributed by atoms with van der Waals surface area (Å²) >= 11 is 1.71. The maximum absolute atomic E-state index is 11.9. The van der Waals surface area contributed by atoms with Crippen molar-refractivity contribution in [1.82, 2.24) is 15.1 Å². The van der Waals surface area contributed by atoms with Crippen LogP contribution in [0.25, 0.3) is 5.69 Å². The molecule has 0 radical (unpaired) electrons. The third-order valence-corrected chi connectivity index (χ3v) is 4.75. The van der Waals surface area contributed by atoms with Gasteiger partial charge in [-0.1, -0.05) is 36.4 Å². The van der Waals surface area contributed by atoms with Crippen LogP contribution in [0.15, 0.2) is 78.0 Å². The molecule has 0 fully saturated rings. The summed E-state index contributed by atoms with van der Waals surface area (Å²) in [5.41, 5.74) is 2.15. The first kappa shape index (κ1) is 17.3. The molecule has 0 unspecified atom stereocenters. The van der Waals surface area contributed by atoms with Crippen LogP contribution < -0.4 is 5.32 Å². The molecule has 0 atom stereocenters. The Labute approximate surface area is 152 Å². The Balaban J connectivity index is 1.36. The number of carbonyl (C=O) groups excluding carboxylic acids is 1. The Morgan fingerprint density at radius 1 is 1.04 bits per heavy atom. The molecule has 4 nitrogen and oxygen atoms in total. The quantitative estimate of drug-likeness (QED) is 0.629. The smallest absolute Gasteiger partial charge is 0.220 e. The van der Waals surface area contributed by atoms with Crippen molar-refractivity contribution in [3.8, 4) is 5.69 Å². The van der Waals surface area contributed by atoms with E-state index in [4.69, 9.17) is 0 Å². The third kappa shape index (κ3) is 5.50. The average molecular weight is 351 g/mol. The fourth-order valence-electron chi connectivity index (χ4n) is 2.42. The Kier molecular flexibility index (Phi) is 6.29. The van der Waals surface area contributed by atoms with Crippen molar-refractivity contribution < 1.29 is 4.79 Å². The lowest BCUT2D eigenvalue weighted by Crippen LogP contribution is -2.25. The van der Waals surface area contributed by atoms with E-state index < -0.39 is 0 Å². The monoisotopic (exact) mass is 351 g/mol. The molecule has 25 heavy (non-hydrogen) atoms. The maximum atomic E-state index is 11.9.